The molecule has 1 heterocycles. The highest BCUT2D eigenvalue weighted by molar-refractivity contribution is 9.10. The van der Waals surface area contributed by atoms with Crippen LogP contribution in [0.25, 0.3) is 0 Å². The van der Waals surface area contributed by atoms with Crippen LogP contribution in [0.4, 0.5) is 5.69 Å². The number of carbonyl (C=O) groups excluding carboxylic acids is 2. The molecule has 2 rings (SSSR count). The highest BCUT2D eigenvalue weighted by atomic mass is 79.9. The Hall–Kier alpha value is -2.41. The molecular weight excluding hydrogens is 338 g/mol. The molecule has 108 valence electrons. The summed E-state index contributed by atoms with van der Waals surface area (Å²) in [6.07, 6.45) is 2.41. The third kappa shape index (κ3) is 4.28. The number of amides is 2. The molecule has 0 saturated carbocycles. The molecule has 2 N–H and O–H groups in total. The molecule has 1 aromatic carbocycles. The van der Waals surface area contributed by atoms with Crippen molar-refractivity contribution in [2.24, 2.45) is 0 Å². The molecule has 0 spiro atoms. The number of para-hydroxylation sites is 1. The van der Waals surface area contributed by atoms with Crippen molar-refractivity contribution in [3.63, 3.8) is 0 Å². The fourth-order valence-electron chi connectivity index (χ4n) is 1.61. The molecule has 0 atom stereocenters. The van der Waals surface area contributed by atoms with E-state index in [9.17, 15) is 14.8 Å². The van der Waals surface area contributed by atoms with Gasteiger partial charge in [-0.3, -0.25) is 9.59 Å². The van der Waals surface area contributed by atoms with E-state index in [-0.39, 0.29) is 18.0 Å². The van der Waals surface area contributed by atoms with E-state index in [2.05, 4.69) is 26.6 Å². The number of rotatable bonds is 4. The maximum Gasteiger partial charge on any atom is 0.257 e. The lowest BCUT2D eigenvalue weighted by Crippen LogP contribution is -2.34. The summed E-state index contributed by atoms with van der Waals surface area (Å²) in [5, 5.41) is 16.2. The predicted octanol–water partition coefficient (Wildman–Crippen LogP) is 1.45. The highest BCUT2D eigenvalue weighted by Crippen LogP contribution is 2.20. The number of benzene rings is 1. The van der Waals surface area contributed by atoms with Gasteiger partial charge < -0.3 is 15.8 Å². The predicted molar refractivity (Wildman–Crippen MR) is 80.5 cm³/mol. The first-order chi connectivity index (χ1) is 10.1. The number of carbonyl (C=O) groups is 2. The molecule has 21 heavy (non-hydrogen) atoms. The highest BCUT2D eigenvalue weighted by Gasteiger charge is 2.11. The smallest absolute Gasteiger partial charge is 0.257 e. The molecular formula is C14H12BrN3O3. The van der Waals surface area contributed by atoms with Crippen LogP contribution in [0.1, 0.15) is 10.4 Å². The van der Waals surface area contributed by atoms with Crippen molar-refractivity contribution in [1.29, 1.82) is 0 Å². The van der Waals surface area contributed by atoms with Crippen LogP contribution < -0.4 is 15.4 Å². The molecule has 0 unspecified atom stereocenters. The van der Waals surface area contributed by atoms with Gasteiger partial charge in [-0.15, -0.1) is 0 Å². The molecule has 0 aliphatic heterocycles. The number of aromatic nitrogens is 1. The number of hydrogen-bond acceptors (Lipinski definition) is 3. The van der Waals surface area contributed by atoms with Gasteiger partial charge in [0.2, 0.25) is 5.91 Å². The van der Waals surface area contributed by atoms with E-state index in [1.165, 1.54) is 18.3 Å². The first kappa shape index (κ1) is 15.0. The number of halogens is 1. The van der Waals surface area contributed by atoms with Gasteiger partial charge in [0, 0.05) is 10.5 Å². The van der Waals surface area contributed by atoms with E-state index in [0.717, 1.165) is 10.7 Å². The zero-order valence-electron chi connectivity index (χ0n) is 10.9. The van der Waals surface area contributed by atoms with Crippen LogP contribution in [0, 0.1) is 5.21 Å². The van der Waals surface area contributed by atoms with E-state index in [4.69, 9.17) is 0 Å². The lowest BCUT2D eigenvalue weighted by atomic mass is 10.2. The van der Waals surface area contributed by atoms with E-state index in [0.29, 0.717) is 10.4 Å². The Morgan fingerprint density at radius 3 is 2.67 bits per heavy atom. The lowest BCUT2D eigenvalue weighted by molar-refractivity contribution is -0.605. The van der Waals surface area contributed by atoms with Crippen molar-refractivity contribution in [3.05, 3.63) is 64.0 Å². The maximum atomic E-state index is 11.8. The fraction of sp³-hybridized carbons (Fsp3) is 0.0714. The summed E-state index contributed by atoms with van der Waals surface area (Å²) in [6.45, 7) is -0.187. The molecule has 0 aliphatic rings. The van der Waals surface area contributed by atoms with Crippen LogP contribution in [0.2, 0.25) is 0 Å². The third-order valence-corrected chi connectivity index (χ3v) is 3.29. The van der Waals surface area contributed by atoms with Crippen LogP contribution in [-0.2, 0) is 4.79 Å². The fourth-order valence-corrected chi connectivity index (χ4v) is 1.99. The zero-order valence-corrected chi connectivity index (χ0v) is 12.5. The second-order valence-corrected chi connectivity index (χ2v) is 5.02. The Kier molecular flexibility index (Phi) is 4.89. The van der Waals surface area contributed by atoms with Gasteiger partial charge in [0.05, 0.1) is 12.2 Å². The minimum Gasteiger partial charge on any atom is -0.619 e. The average Bonchev–Trinajstić information content (AvgIpc) is 2.47. The number of nitrogens with zero attached hydrogens (tertiary/aromatic N) is 1. The van der Waals surface area contributed by atoms with Crippen LogP contribution in [0.5, 0.6) is 0 Å². The summed E-state index contributed by atoms with van der Waals surface area (Å²) >= 11 is 3.31. The lowest BCUT2D eigenvalue weighted by Gasteiger charge is -2.08. The van der Waals surface area contributed by atoms with Gasteiger partial charge in [0.25, 0.3) is 5.91 Å². The van der Waals surface area contributed by atoms with Gasteiger partial charge in [0.1, 0.15) is 5.56 Å². The molecule has 2 aromatic rings. The summed E-state index contributed by atoms with van der Waals surface area (Å²) in [5.74, 6) is -0.844. The third-order valence-electron chi connectivity index (χ3n) is 2.59. The Balaban J connectivity index is 1.90. The number of pyridine rings is 1. The van der Waals surface area contributed by atoms with Crippen LogP contribution in [-0.4, -0.2) is 18.4 Å². The second-order valence-electron chi connectivity index (χ2n) is 4.16. The maximum absolute atomic E-state index is 11.8. The van der Waals surface area contributed by atoms with Gasteiger partial charge in [-0.05, 0) is 34.1 Å². The molecule has 0 fully saturated rings. The van der Waals surface area contributed by atoms with Gasteiger partial charge in [-0.2, -0.15) is 4.73 Å². The molecule has 0 radical (unpaired) electrons. The number of nitrogens with one attached hydrogen (secondary N) is 2. The topological polar surface area (TPSA) is 85.1 Å². The Labute approximate surface area is 129 Å². The Morgan fingerprint density at radius 1 is 1.19 bits per heavy atom. The van der Waals surface area contributed by atoms with Gasteiger partial charge in [0.15, 0.2) is 12.4 Å². The minimum atomic E-state index is -0.484. The normalized spacial score (nSPS) is 9.95. The van der Waals surface area contributed by atoms with Crippen LogP contribution in [0.3, 0.4) is 0 Å². The summed E-state index contributed by atoms with van der Waals surface area (Å²) in [6, 6.07) is 10.1. The molecule has 1 aromatic heterocycles. The summed E-state index contributed by atoms with van der Waals surface area (Å²) in [4.78, 5) is 23.5. The zero-order chi connectivity index (χ0) is 15.2. The van der Waals surface area contributed by atoms with Crippen molar-refractivity contribution >= 4 is 33.4 Å². The quantitative estimate of drug-likeness (QED) is 0.647. The summed E-state index contributed by atoms with van der Waals surface area (Å²) in [7, 11) is 0. The number of hydrogen-bond donors (Lipinski definition) is 2. The van der Waals surface area contributed by atoms with E-state index < -0.39 is 5.91 Å². The van der Waals surface area contributed by atoms with Gasteiger partial charge in [-0.25, -0.2) is 0 Å². The van der Waals surface area contributed by atoms with E-state index >= 15 is 0 Å². The van der Waals surface area contributed by atoms with Crippen molar-refractivity contribution < 1.29 is 14.3 Å². The minimum absolute atomic E-state index is 0.187. The molecule has 7 heteroatoms. The van der Waals surface area contributed by atoms with E-state index in [1.54, 1.807) is 18.2 Å². The molecule has 0 saturated heterocycles. The van der Waals surface area contributed by atoms with Gasteiger partial charge in [-0.1, -0.05) is 12.1 Å². The molecule has 6 nitrogen and oxygen atoms in total. The largest absolute Gasteiger partial charge is 0.619 e. The SMILES string of the molecule is O=C(CNC(=O)c1ccc[n+]([O-])c1)Nc1ccccc1Br. The Morgan fingerprint density at radius 2 is 1.95 bits per heavy atom. The number of anilines is 1. The van der Waals surface area contributed by atoms with Crippen molar-refractivity contribution in [3.8, 4) is 0 Å². The standard InChI is InChI=1S/C14H12BrN3O3/c15-11-5-1-2-6-12(11)17-13(19)8-16-14(20)10-4-3-7-18(21)9-10/h1-7,9H,8H2,(H,16,20)(H,17,19). The second kappa shape index (κ2) is 6.85. The van der Waals surface area contributed by atoms with E-state index in [1.807, 2.05) is 6.07 Å². The first-order valence-electron chi connectivity index (χ1n) is 6.07. The summed E-state index contributed by atoms with van der Waals surface area (Å²) < 4.78 is 1.27. The molecule has 0 aliphatic carbocycles. The van der Waals surface area contributed by atoms with Crippen molar-refractivity contribution in [2.75, 3.05) is 11.9 Å². The molecule has 0 bridgehead atoms. The van der Waals surface area contributed by atoms with Crippen molar-refractivity contribution in [1.82, 2.24) is 5.32 Å². The first-order valence-corrected chi connectivity index (χ1v) is 6.87. The monoisotopic (exact) mass is 349 g/mol. The van der Waals surface area contributed by atoms with Crippen LogP contribution >= 0.6 is 15.9 Å². The summed E-state index contributed by atoms with van der Waals surface area (Å²) in [5.41, 5.74) is 0.815. The van der Waals surface area contributed by atoms with Crippen molar-refractivity contribution in [2.45, 2.75) is 0 Å². The van der Waals surface area contributed by atoms with Gasteiger partial charge >= 0.3 is 0 Å². The average molecular weight is 350 g/mol. The molecule has 2 amide bonds. The Bertz CT molecular complexity index is 676. The van der Waals surface area contributed by atoms with Crippen LogP contribution in [0.15, 0.2) is 53.3 Å².